The molecule has 8 heteroatoms. The number of carbonyl (C=O) groups is 3. The molecule has 3 fully saturated rings. The van der Waals surface area contributed by atoms with Gasteiger partial charge in [0.15, 0.2) is 0 Å². The van der Waals surface area contributed by atoms with Crippen molar-refractivity contribution in [2.75, 3.05) is 6.61 Å². The summed E-state index contributed by atoms with van der Waals surface area (Å²) in [4.78, 5) is 42.8. The van der Waals surface area contributed by atoms with Crippen molar-refractivity contribution in [1.82, 2.24) is 15.5 Å². The molecule has 3 unspecified atom stereocenters. The van der Waals surface area contributed by atoms with Crippen LogP contribution in [0.15, 0.2) is 30.3 Å². The lowest BCUT2D eigenvalue weighted by Crippen LogP contribution is -2.60. The minimum absolute atomic E-state index is 0.00264. The van der Waals surface area contributed by atoms with Gasteiger partial charge < -0.3 is 20.6 Å². The number of nitrogens with zero attached hydrogens (tertiary/aromatic N) is 1. The fourth-order valence-corrected chi connectivity index (χ4v) is 8.71. The summed E-state index contributed by atoms with van der Waals surface area (Å²) < 4.78 is -0.669. The quantitative estimate of drug-likeness (QED) is 0.522. The third-order valence-corrected chi connectivity index (χ3v) is 9.87. The molecular formula is C26H37N3O4S. The van der Waals surface area contributed by atoms with Crippen LogP contribution in [0.5, 0.6) is 0 Å². The van der Waals surface area contributed by atoms with Gasteiger partial charge in [-0.1, -0.05) is 51.1 Å². The summed E-state index contributed by atoms with van der Waals surface area (Å²) in [6, 6.07) is 8.47. The van der Waals surface area contributed by atoms with E-state index < -0.39 is 28.7 Å². The number of aliphatic hydroxyl groups is 1. The number of hydrogen-bond acceptors (Lipinski definition) is 5. The lowest BCUT2D eigenvalue weighted by atomic mass is 9.66. The van der Waals surface area contributed by atoms with E-state index in [0.29, 0.717) is 6.54 Å². The van der Waals surface area contributed by atoms with Crippen LogP contribution in [-0.2, 0) is 20.9 Å². The van der Waals surface area contributed by atoms with E-state index in [1.807, 2.05) is 58.0 Å². The number of amides is 3. The fourth-order valence-electron chi connectivity index (χ4n) is 6.30. The summed E-state index contributed by atoms with van der Waals surface area (Å²) in [7, 11) is 0. The van der Waals surface area contributed by atoms with E-state index in [1.165, 1.54) is 0 Å². The fraction of sp³-hybridized carbons (Fsp3) is 0.654. The maximum absolute atomic E-state index is 14.1. The van der Waals surface area contributed by atoms with E-state index in [1.54, 1.807) is 16.7 Å². The Labute approximate surface area is 206 Å². The number of aliphatic hydroxyl groups excluding tert-OH is 1. The first-order chi connectivity index (χ1) is 16.1. The zero-order valence-electron chi connectivity index (χ0n) is 20.7. The lowest BCUT2D eigenvalue weighted by Gasteiger charge is -2.41. The number of carbonyl (C=O) groups excluding carboxylic acids is 3. The summed E-state index contributed by atoms with van der Waals surface area (Å²) in [5.74, 6) is -1.45. The summed E-state index contributed by atoms with van der Waals surface area (Å²) in [5, 5.41) is 16.3. The van der Waals surface area contributed by atoms with Crippen LogP contribution >= 0.6 is 11.8 Å². The Kier molecular flexibility index (Phi) is 7.02. The van der Waals surface area contributed by atoms with Crippen LogP contribution in [-0.4, -0.2) is 62.5 Å². The summed E-state index contributed by atoms with van der Waals surface area (Å²) in [6.07, 6.45) is 0.794. The topological polar surface area (TPSA) is 98.7 Å². The number of thioether (sulfide) groups is 1. The molecular weight excluding hydrogens is 450 g/mol. The van der Waals surface area contributed by atoms with E-state index in [0.717, 1.165) is 12.0 Å². The molecule has 4 rings (SSSR count). The van der Waals surface area contributed by atoms with Crippen LogP contribution in [0.25, 0.3) is 0 Å². The van der Waals surface area contributed by atoms with E-state index in [9.17, 15) is 19.5 Å². The number of likely N-dealkylation sites (tertiary alicyclic amines) is 1. The molecule has 1 spiro atoms. The number of rotatable bonds is 8. The highest BCUT2D eigenvalue weighted by atomic mass is 32.2. The molecule has 7 atom stereocenters. The Hall–Kier alpha value is -2.06. The molecule has 3 saturated heterocycles. The first-order valence-electron chi connectivity index (χ1n) is 12.4. The third-order valence-electron chi connectivity index (χ3n) is 7.79. The second-order valence-electron chi connectivity index (χ2n) is 10.7. The van der Waals surface area contributed by atoms with Crippen LogP contribution in [0, 0.1) is 23.7 Å². The van der Waals surface area contributed by atoms with Gasteiger partial charge in [-0.05, 0) is 37.7 Å². The van der Waals surface area contributed by atoms with Crippen LogP contribution in [0.1, 0.15) is 46.6 Å². The molecule has 0 saturated carbocycles. The van der Waals surface area contributed by atoms with Gasteiger partial charge in [-0.3, -0.25) is 14.4 Å². The highest BCUT2D eigenvalue weighted by Gasteiger charge is 2.76. The van der Waals surface area contributed by atoms with Gasteiger partial charge in [-0.25, -0.2) is 0 Å². The van der Waals surface area contributed by atoms with E-state index in [2.05, 4.69) is 17.6 Å². The summed E-state index contributed by atoms with van der Waals surface area (Å²) in [5.41, 5.74) is 1.00. The van der Waals surface area contributed by atoms with Gasteiger partial charge in [0.05, 0.1) is 29.2 Å². The van der Waals surface area contributed by atoms with Gasteiger partial charge in [0.25, 0.3) is 0 Å². The Morgan fingerprint density at radius 2 is 1.85 bits per heavy atom. The van der Waals surface area contributed by atoms with E-state index >= 15 is 0 Å². The molecule has 3 aliphatic rings. The van der Waals surface area contributed by atoms with Crippen molar-refractivity contribution in [3.8, 4) is 0 Å². The molecule has 1 aromatic rings. The monoisotopic (exact) mass is 487 g/mol. The number of benzene rings is 1. The minimum atomic E-state index is -0.705. The molecule has 1 aromatic carbocycles. The van der Waals surface area contributed by atoms with Crippen molar-refractivity contribution in [3.05, 3.63) is 35.9 Å². The molecule has 186 valence electrons. The minimum Gasteiger partial charge on any atom is -0.394 e. The van der Waals surface area contributed by atoms with Gasteiger partial charge in [0.1, 0.15) is 6.04 Å². The Morgan fingerprint density at radius 3 is 2.44 bits per heavy atom. The predicted octanol–water partition coefficient (Wildman–Crippen LogP) is 2.18. The van der Waals surface area contributed by atoms with Crippen molar-refractivity contribution >= 4 is 29.5 Å². The number of nitrogens with one attached hydrogen (secondary N) is 2. The maximum Gasteiger partial charge on any atom is 0.244 e. The van der Waals surface area contributed by atoms with Crippen molar-refractivity contribution in [3.63, 3.8) is 0 Å². The maximum atomic E-state index is 14.1. The second-order valence-corrected chi connectivity index (χ2v) is 12.2. The summed E-state index contributed by atoms with van der Waals surface area (Å²) in [6.45, 7) is 10.0. The largest absolute Gasteiger partial charge is 0.394 e. The molecule has 0 radical (unpaired) electrons. The normalized spacial score (nSPS) is 32.9. The van der Waals surface area contributed by atoms with Crippen LogP contribution in [0.2, 0.25) is 0 Å². The predicted molar refractivity (Wildman–Crippen MR) is 133 cm³/mol. The average Bonchev–Trinajstić information content (AvgIpc) is 3.37. The third kappa shape index (κ3) is 3.92. The second kappa shape index (κ2) is 9.53. The van der Waals surface area contributed by atoms with Crippen molar-refractivity contribution in [1.29, 1.82) is 0 Å². The Balaban J connectivity index is 1.70. The van der Waals surface area contributed by atoms with Crippen LogP contribution in [0.3, 0.4) is 0 Å². The van der Waals surface area contributed by atoms with Crippen LogP contribution < -0.4 is 10.6 Å². The average molecular weight is 488 g/mol. The van der Waals surface area contributed by atoms with Crippen molar-refractivity contribution < 1.29 is 19.5 Å². The molecule has 3 aliphatic heterocycles. The zero-order chi connectivity index (χ0) is 24.8. The highest BCUT2D eigenvalue weighted by Crippen LogP contribution is 2.68. The molecule has 0 aliphatic carbocycles. The molecule has 2 bridgehead atoms. The van der Waals surface area contributed by atoms with Gasteiger partial charge >= 0.3 is 0 Å². The van der Waals surface area contributed by atoms with Gasteiger partial charge in [0, 0.05) is 17.8 Å². The molecule has 7 nitrogen and oxygen atoms in total. The Bertz CT molecular complexity index is 939. The SMILES string of the molecule is CC(C)NC(=O)C1N([C@@H](CO)C(C)C)C(=O)[C@@H]2[C@@H](C(=O)NCc3ccccc3)[C@H]3CC(C)C12S3. The van der Waals surface area contributed by atoms with Crippen molar-refractivity contribution in [2.45, 2.75) is 75.7 Å². The standard InChI is InChI=1S/C26H37N3O4S/c1-14(2)18(13-30)29-22(24(32)28-15(3)4)26-16(5)11-19(34-26)20(21(26)25(29)33)23(31)27-12-17-9-7-6-8-10-17/h6-10,14-16,18-22,30H,11-13H2,1-5H3,(H,27,31)(H,28,32)/t16?,18-,19+,20-,21-,22?,26?/m0/s1. The lowest BCUT2D eigenvalue weighted by molar-refractivity contribution is -0.143. The van der Waals surface area contributed by atoms with E-state index in [4.69, 9.17) is 0 Å². The van der Waals surface area contributed by atoms with Crippen LogP contribution in [0.4, 0.5) is 0 Å². The molecule has 34 heavy (non-hydrogen) atoms. The first kappa shape index (κ1) is 25.0. The van der Waals surface area contributed by atoms with E-state index in [-0.39, 0.29) is 47.5 Å². The van der Waals surface area contributed by atoms with Gasteiger partial charge in [-0.15, -0.1) is 11.8 Å². The molecule has 0 aromatic heterocycles. The number of hydrogen-bond donors (Lipinski definition) is 3. The van der Waals surface area contributed by atoms with Crippen molar-refractivity contribution in [2.24, 2.45) is 23.7 Å². The Morgan fingerprint density at radius 1 is 1.18 bits per heavy atom. The number of fused-ring (bicyclic) bond motifs is 1. The molecule has 3 heterocycles. The van der Waals surface area contributed by atoms with Gasteiger partial charge in [-0.2, -0.15) is 0 Å². The molecule has 3 N–H and O–H groups in total. The van der Waals surface area contributed by atoms with Gasteiger partial charge in [0.2, 0.25) is 17.7 Å². The molecule has 3 amide bonds. The highest BCUT2D eigenvalue weighted by molar-refractivity contribution is 8.02. The smallest absolute Gasteiger partial charge is 0.244 e. The first-order valence-corrected chi connectivity index (χ1v) is 13.2. The zero-order valence-corrected chi connectivity index (χ0v) is 21.5. The summed E-state index contributed by atoms with van der Waals surface area (Å²) >= 11 is 1.66.